The molecule has 100 valence electrons. The number of nitrogens with zero attached hydrogens (tertiary/aromatic N) is 1. The third-order valence-corrected chi connectivity index (χ3v) is 4.46. The maximum atomic E-state index is 12.5. The van der Waals surface area contributed by atoms with Crippen molar-refractivity contribution in [3.05, 3.63) is 23.2 Å². The van der Waals surface area contributed by atoms with Crippen LogP contribution in [0.1, 0.15) is 32.1 Å². The summed E-state index contributed by atoms with van der Waals surface area (Å²) in [6.45, 7) is 0. The number of benzene rings is 1. The van der Waals surface area contributed by atoms with Gasteiger partial charge in [-0.2, -0.15) is 0 Å². The van der Waals surface area contributed by atoms with Crippen molar-refractivity contribution in [2.45, 2.75) is 32.1 Å². The maximum absolute atomic E-state index is 12.5. The van der Waals surface area contributed by atoms with Gasteiger partial charge in [0.2, 0.25) is 11.8 Å². The van der Waals surface area contributed by atoms with E-state index >= 15 is 0 Å². The summed E-state index contributed by atoms with van der Waals surface area (Å²) in [4.78, 5) is 25.9. The van der Waals surface area contributed by atoms with Crippen LogP contribution in [0.2, 0.25) is 5.02 Å². The molecule has 1 aliphatic heterocycles. The van der Waals surface area contributed by atoms with Crippen LogP contribution < -0.4 is 4.90 Å². The number of hydrogen-bond donors (Lipinski definition) is 1. The first-order chi connectivity index (χ1) is 9.03. The molecule has 19 heavy (non-hydrogen) atoms. The molecule has 1 spiro atoms. The van der Waals surface area contributed by atoms with E-state index in [-0.39, 0.29) is 29.0 Å². The van der Waals surface area contributed by atoms with Crippen molar-refractivity contribution in [2.24, 2.45) is 5.41 Å². The zero-order valence-electron chi connectivity index (χ0n) is 10.4. The molecular formula is C14H14ClNO3. The van der Waals surface area contributed by atoms with Crippen molar-refractivity contribution < 1.29 is 14.7 Å². The Kier molecular flexibility index (Phi) is 2.78. The van der Waals surface area contributed by atoms with Gasteiger partial charge in [-0.3, -0.25) is 9.59 Å². The Labute approximate surface area is 116 Å². The van der Waals surface area contributed by atoms with Crippen LogP contribution in [-0.4, -0.2) is 16.9 Å². The Morgan fingerprint density at radius 2 is 1.89 bits per heavy atom. The molecule has 5 heteroatoms. The predicted molar refractivity (Wildman–Crippen MR) is 71.1 cm³/mol. The minimum absolute atomic E-state index is 0.118. The molecule has 1 aromatic rings. The van der Waals surface area contributed by atoms with Crippen molar-refractivity contribution in [3.63, 3.8) is 0 Å². The molecule has 0 atom stereocenters. The van der Waals surface area contributed by atoms with Crippen LogP contribution in [0.3, 0.4) is 0 Å². The van der Waals surface area contributed by atoms with E-state index in [2.05, 4.69) is 0 Å². The van der Waals surface area contributed by atoms with Crippen molar-refractivity contribution in [2.75, 3.05) is 4.90 Å². The highest BCUT2D eigenvalue weighted by molar-refractivity contribution is 6.32. The number of phenols is 1. The van der Waals surface area contributed by atoms with E-state index in [9.17, 15) is 14.7 Å². The van der Waals surface area contributed by atoms with Gasteiger partial charge in [-0.05, 0) is 25.0 Å². The summed E-state index contributed by atoms with van der Waals surface area (Å²) in [6.07, 6.45) is 3.86. The number of carbonyl (C=O) groups excluding carboxylic acids is 2. The second kappa shape index (κ2) is 4.23. The SMILES string of the molecule is O=C1CC2(CCCC2)C(=O)N1c1ccc(Cl)c(O)c1. The molecule has 2 amide bonds. The van der Waals surface area contributed by atoms with Crippen LogP contribution in [0.15, 0.2) is 18.2 Å². The molecule has 1 N–H and O–H groups in total. The number of hydrogen-bond acceptors (Lipinski definition) is 3. The molecule has 0 radical (unpaired) electrons. The standard InChI is InChI=1S/C14H14ClNO3/c15-10-4-3-9(7-11(10)17)16-12(18)8-14(13(16)19)5-1-2-6-14/h3-4,7,17H,1-2,5-6,8H2. The molecule has 1 saturated heterocycles. The summed E-state index contributed by atoms with van der Waals surface area (Å²) in [6, 6.07) is 4.45. The molecule has 1 aromatic carbocycles. The Morgan fingerprint density at radius 1 is 1.21 bits per heavy atom. The van der Waals surface area contributed by atoms with Crippen molar-refractivity contribution in [1.29, 1.82) is 0 Å². The second-order valence-corrected chi connectivity index (χ2v) is 5.74. The number of phenolic OH excluding ortho intramolecular Hbond substituents is 1. The number of aromatic hydroxyl groups is 1. The van der Waals surface area contributed by atoms with Gasteiger partial charge >= 0.3 is 0 Å². The zero-order chi connectivity index (χ0) is 13.6. The molecule has 0 unspecified atom stereocenters. The smallest absolute Gasteiger partial charge is 0.240 e. The summed E-state index contributed by atoms with van der Waals surface area (Å²) < 4.78 is 0. The van der Waals surface area contributed by atoms with Crippen molar-refractivity contribution in [3.8, 4) is 5.75 Å². The van der Waals surface area contributed by atoms with Crippen molar-refractivity contribution in [1.82, 2.24) is 0 Å². The molecule has 4 nitrogen and oxygen atoms in total. The Morgan fingerprint density at radius 3 is 2.53 bits per heavy atom. The number of carbonyl (C=O) groups is 2. The molecular weight excluding hydrogens is 266 g/mol. The Bertz CT molecular complexity index is 564. The van der Waals surface area contributed by atoms with Crippen molar-refractivity contribution >= 4 is 29.1 Å². The van der Waals surface area contributed by atoms with Gasteiger partial charge in [0.25, 0.3) is 0 Å². The van der Waals surface area contributed by atoms with E-state index < -0.39 is 5.41 Å². The van der Waals surface area contributed by atoms with E-state index in [1.54, 1.807) is 6.07 Å². The predicted octanol–water partition coefficient (Wildman–Crippen LogP) is 2.87. The highest BCUT2D eigenvalue weighted by atomic mass is 35.5. The van der Waals surface area contributed by atoms with E-state index in [1.165, 1.54) is 17.0 Å². The van der Waals surface area contributed by atoms with Gasteiger partial charge in [-0.15, -0.1) is 0 Å². The minimum Gasteiger partial charge on any atom is -0.506 e. The Balaban J connectivity index is 1.98. The van der Waals surface area contributed by atoms with Gasteiger partial charge in [0.05, 0.1) is 16.1 Å². The highest BCUT2D eigenvalue weighted by Crippen LogP contribution is 2.48. The fraction of sp³-hybridized carbons (Fsp3) is 0.429. The molecule has 0 bridgehead atoms. The van der Waals surface area contributed by atoms with Crippen LogP contribution >= 0.6 is 11.6 Å². The fourth-order valence-corrected chi connectivity index (χ4v) is 3.26. The first kappa shape index (κ1) is 12.5. The largest absolute Gasteiger partial charge is 0.506 e. The average molecular weight is 280 g/mol. The summed E-state index contributed by atoms with van der Waals surface area (Å²) >= 11 is 5.74. The zero-order valence-corrected chi connectivity index (χ0v) is 11.1. The first-order valence-electron chi connectivity index (χ1n) is 6.39. The summed E-state index contributed by atoms with van der Waals surface area (Å²) in [5, 5.41) is 9.82. The lowest BCUT2D eigenvalue weighted by Gasteiger charge is -2.21. The highest BCUT2D eigenvalue weighted by Gasteiger charge is 2.53. The number of halogens is 1. The van der Waals surface area contributed by atoms with Crippen LogP contribution in [0, 0.1) is 5.41 Å². The molecule has 1 heterocycles. The summed E-state index contributed by atoms with van der Waals surface area (Å²) in [5.41, 5.74) is -0.0903. The molecule has 2 fully saturated rings. The van der Waals surface area contributed by atoms with Gasteiger partial charge < -0.3 is 5.11 Å². The number of amides is 2. The summed E-state index contributed by atoms with van der Waals surface area (Å²) in [7, 11) is 0. The lowest BCUT2D eigenvalue weighted by molar-refractivity contribution is -0.125. The maximum Gasteiger partial charge on any atom is 0.240 e. The van der Waals surface area contributed by atoms with Gasteiger partial charge in [-0.1, -0.05) is 24.4 Å². The molecule has 3 rings (SSSR count). The molecule has 2 aliphatic rings. The quantitative estimate of drug-likeness (QED) is 0.804. The number of imide groups is 1. The third kappa shape index (κ3) is 1.82. The second-order valence-electron chi connectivity index (χ2n) is 5.33. The van der Waals surface area contributed by atoms with E-state index in [0.717, 1.165) is 25.7 Å². The van der Waals surface area contributed by atoms with Gasteiger partial charge in [-0.25, -0.2) is 4.90 Å². The monoisotopic (exact) mass is 279 g/mol. The third-order valence-electron chi connectivity index (χ3n) is 4.14. The molecule has 1 saturated carbocycles. The average Bonchev–Trinajstić information content (AvgIpc) is 2.91. The first-order valence-corrected chi connectivity index (χ1v) is 6.77. The fourth-order valence-electron chi connectivity index (χ4n) is 3.14. The van der Waals surface area contributed by atoms with E-state index in [4.69, 9.17) is 11.6 Å². The van der Waals surface area contributed by atoms with E-state index in [0.29, 0.717) is 5.69 Å². The van der Waals surface area contributed by atoms with Gasteiger partial charge in [0, 0.05) is 12.5 Å². The van der Waals surface area contributed by atoms with Crippen LogP contribution in [0.4, 0.5) is 5.69 Å². The van der Waals surface area contributed by atoms with Crippen LogP contribution in [0.25, 0.3) is 0 Å². The lowest BCUT2D eigenvalue weighted by Crippen LogP contribution is -2.34. The summed E-state index contributed by atoms with van der Waals surface area (Å²) in [5.74, 6) is -0.433. The molecule has 1 aliphatic carbocycles. The normalized spacial score (nSPS) is 21.6. The van der Waals surface area contributed by atoms with Crippen LogP contribution in [-0.2, 0) is 9.59 Å². The number of anilines is 1. The number of rotatable bonds is 1. The minimum atomic E-state index is -0.494. The topological polar surface area (TPSA) is 57.6 Å². The van der Waals surface area contributed by atoms with Gasteiger partial charge in [0.1, 0.15) is 5.75 Å². The van der Waals surface area contributed by atoms with Crippen LogP contribution in [0.5, 0.6) is 5.75 Å². The Hall–Kier alpha value is -1.55. The van der Waals surface area contributed by atoms with E-state index in [1.807, 2.05) is 0 Å². The van der Waals surface area contributed by atoms with Gasteiger partial charge in [0.15, 0.2) is 0 Å². The molecule has 0 aromatic heterocycles. The lowest BCUT2D eigenvalue weighted by atomic mass is 9.84.